The number of aromatic nitrogens is 2. The normalized spacial score (nSPS) is 16.2. The fraction of sp³-hybridized carbons (Fsp3) is 0.217. The van der Waals surface area contributed by atoms with Crippen molar-refractivity contribution < 1.29 is 13.9 Å². The summed E-state index contributed by atoms with van der Waals surface area (Å²) in [5.41, 5.74) is 10.2. The van der Waals surface area contributed by atoms with Crippen LogP contribution in [0, 0.1) is 12.7 Å². The SMILES string of the molecule is COc1cc(/C(N)=C/NC2CCc3c(ccc(Br)c3F)NC2=O)ccc1-n1cnc(C)c1. The Balaban J connectivity index is 1.51. The fourth-order valence-corrected chi connectivity index (χ4v) is 4.02. The van der Waals surface area contributed by atoms with Gasteiger partial charge in [0.15, 0.2) is 0 Å². The van der Waals surface area contributed by atoms with Crippen LogP contribution in [0.3, 0.4) is 0 Å². The number of aryl methyl sites for hydroxylation is 1. The van der Waals surface area contributed by atoms with Crippen LogP contribution in [0.4, 0.5) is 10.1 Å². The largest absolute Gasteiger partial charge is 0.495 e. The van der Waals surface area contributed by atoms with Gasteiger partial charge in [-0.1, -0.05) is 6.07 Å². The lowest BCUT2D eigenvalue weighted by Gasteiger charge is -2.15. The Morgan fingerprint density at radius 3 is 2.94 bits per heavy atom. The van der Waals surface area contributed by atoms with Crippen molar-refractivity contribution in [3.63, 3.8) is 0 Å². The topological polar surface area (TPSA) is 94.2 Å². The Bertz CT molecular complexity index is 1210. The number of rotatable bonds is 5. The van der Waals surface area contributed by atoms with Gasteiger partial charge in [0.1, 0.15) is 17.6 Å². The van der Waals surface area contributed by atoms with Crippen LogP contribution in [0.1, 0.15) is 23.2 Å². The first-order valence-electron chi connectivity index (χ1n) is 10.1. The Labute approximate surface area is 193 Å². The summed E-state index contributed by atoms with van der Waals surface area (Å²) in [6, 6.07) is 8.33. The molecule has 1 aliphatic heterocycles. The summed E-state index contributed by atoms with van der Waals surface area (Å²) in [5, 5.41) is 5.87. The summed E-state index contributed by atoms with van der Waals surface area (Å²) < 4.78 is 22.2. The molecule has 0 radical (unpaired) electrons. The first-order valence-corrected chi connectivity index (χ1v) is 10.9. The molecule has 1 unspecified atom stereocenters. The number of anilines is 1. The number of nitrogens with one attached hydrogen (secondary N) is 2. The summed E-state index contributed by atoms with van der Waals surface area (Å²) in [5.74, 6) is 0.0525. The van der Waals surface area contributed by atoms with E-state index in [-0.39, 0.29) is 11.7 Å². The zero-order valence-corrected chi connectivity index (χ0v) is 19.2. The molecule has 166 valence electrons. The monoisotopic (exact) mass is 499 g/mol. The molecule has 0 saturated carbocycles. The molecule has 2 heterocycles. The van der Waals surface area contributed by atoms with Gasteiger partial charge in [-0.15, -0.1) is 0 Å². The van der Waals surface area contributed by atoms with E-state index in [1.54, 1.807) is 31.8 Å². The molecule has 4 N–H and O–H groups in total. The van der Waals surface area contributed by atoms with E-state index in [9.17, 15) is 9.18 Å². The van der Waals surface area contributed by atoms with E-state index >= 15 is 0 Å². The van der Waals surface area contributed by atoms with Gasteiger partial charge >= 0.3 is 0 Å². The molecule has 32 heavy (non-hydrogen) atoms. The van der Waals surface area contributed by atoms with Crippen molar-refractivity contribution in [2.45, 2.75) is 25.8 Å². The second kappa shape index (κ2) is 9.04. The number of carbonyl (C=O) groups excluding carboxylic acids is 1. The van der Waals surface area contributed by atoms with E-state index < -0.39 is 6.04 Å². The number of amides is 1. The molecule has 0 saturated heterocycles. The van der Waals surface area contributed by atoms with Crippen molar-refractivity contribution in [2.24, 2.45) is 5.73 Å². The van der Waals surface area contributed by atoms with Crippen LogP contribution in [0.15, 0.2) is 53.5 Å². The van der Waals surface area contributed by atoms with Crippen LogP contribution in [-0.2, 0) is 11.2 Å². The third kappa shape index (κ3) is 4.34. The number of hydrogen-bond acceptors (Lipinski definition) is 5. The summed E-state index contributed by atoms with van der Waals surface area (Å²) in [7, 11) is 1.59. The second-order valence-electron chi connectivity index (χ2n) is 7.54. The summed E-state index contributed by atoms with van der Waals surface area (Å²) in [6.45, 7) is 1.92. The van der Waals surface area contributed by atoms with Gasteiger partial charge in [-0.2, -0.15) is 0 Å². The zero-order chi connectivity index (χ0) is 22.8. The van der Waals surface area contributed by atoms with Gasteiger partial charge in [0.2, 0.25) is 5.91 Å². The first kappa shape index (κ1) is 21.9. The molecule has 0 spiro atoms. The van der Waals surface area contributed by atoms with Gasteiger partial charge in [-0.25, -0.2) is 9.37 Å². The summed E-state index contributed by atoms with van der Waals surface area (Å²) >= 11 is 3.19. The summed E-state index contributed by atoms with van der Waals surface area (Å²) in [6.07, 6.45) is 6.07. The molecule has 1 amide bonds. The Morgan fingerprint density at radius 1 is 1.41 bits per heavy atom. The minimum Gasteiger partial charge on any atom is -0.495 e. The highest BCUT2D eigenvalue weighted by atomic mass is 79.9. The lowest BCUT2D eigenvalue weighted by molar-refractivity contribution is -0.117. The van der Waals surface area contributed by atoms with Crippen molar-refractivity contribution in [1.29, 1.82) is 0 Å². The van der Waals surface area contributed by atoms with Crippen molar-refractivity contribution in [3.8, 4) is 11.4 Å². The Morgan fingerprint density at radius 2 is 2.22 bits per heavy atom. The molecule has 0 fully saturated rings. The second-order valence-corrected chi connectivity index (χ2v) is 8.40. The predicted octanol–water partition coefficient (Wildman–Crippen LogP) is 3.89. The van der Waals surface area contributed by atoms with E-state index in [4.69, 9.17) is 10.5 Å². The Kier molecular flexibility index (Phi) is 6.18. The molecule has 1 aliphatic rings. The van der Waals surface area contributed by atoms with E-state index in [0.717, 1.165) is 16.9 Å². The number of carbonyl (C=O) groups is 1. The van der Waals surface area contributed by atoms with Crippen LogP contribution in [0.25, 0.3) is 11.4 Å². The number of imidazole rings is 1. The number of ether oxygens (including phenoxy) is 1. The molecule has 4 rings (SSSR count). The molecular weight excluding hydrogens is 477 g/mol. The number of fused-ring (bicyclic) bond motifs is 1. The maximum atomic E-state index is 14.4. The third-order valence-electron chi connectivity index (χ3n) is 5.40. The van der Waals surface area contributed by atoms with Crippen LogP contribution in [0.5, 0.6) is 5.75 Å². The highest BCUT2D eigenvalue weighted by Gasteiger charge is 2.25. The number of nitrogens with zero attached hydrogens (tertiary/aromatic N) is 2. The van der Waals surface area contributed by atoms with Crippen LogP contribution < -0.4 is 21.1 Å². The van der Waals surface area contributed by atoms with Gasteiger partial charge in [0.05, 0.1) is 35.0 Å². The molecular formula is C23H23BrFN5O2. The Hall–Kier alpha value is -3.33. The van der Waals surface area contributed by atoms with Crippen molar-refractivity contribution >= 4 is 33.2 Å². The highest BCUT2D eigenvalue weighted by Crippen LogP contribution is 2.30. The van der Waals surface area contributed by atoms with E-state index in [2.05, 4.69) is 31.5 Å². The molecule has 3 aromatic rings. The molecule has 7 nitrogen and oxygen atoms in total. The van der Waals surface area contributed by atoms with E-state index in [0.29, 0.717) is 40.0 Å². The lowest BCUT2D eigenvalue weighted by Crippen LogP contribution is -2.37. The van der Waals surface area contributed by atoms with Gasteiger partial charge < -0.3 is 25.7 Å². The number of hydrogen-bond donors (Lipinski definition) is 3. The molecule has 0 aliphatic carbocycles. The van der Waals surface area contributed by atoms with Crippen molar-refractivity contribution in [2.75, 3.05) is 12.4 Å². The van der Waals surface area contributed by atoms with Crippen molar-refractivity contribution in [1.82, 2.24) is 14.9 Å². The van der Waals surface area contributed by atoms with Gasteiger partial charge in [0, 0.05) is 29.2 Å². The lowest BCUT2D eigenvalue weighted by atomic mass is 10.1. The average Bonchev–Trinajstić information content (AvgIpc) is 3.15. The van der Waals surface area contributed by atoms with Gasteiger partial charge in [0.25, 0.3) is 0 Å². The van der Waals surface area contributed by atoms with Crippen LogP contribution in [-0.4, -0.2) is 28.6 Å². The molecule has 0 bridgehead atoms. The maximum Gasteiger partial charge on any atom is 0.246 e. The van der Waals surface area contributed by atoms with Gasteiger partial charge in [-0.05, 0) is 60.0 Å². The minimum absolute atomic E-state index is 0.238. The molecule has 2 aromatic carbocycles. The zero-order valence-electron chi connectivity index (χ0n) is 17.7. The van der Waals surface area contributed by atoms with Crippen LogP contribution in [0.2, 0.25) is 0 Å². The highest BCUT2D eigenvalue weighted by molar-refractivity contribution is 9.10. The van der Waals surface area contributed by atoms with Crippen molar-refractivity contribution in [3.05, 3.63) is 76.2 Å². The molecule has 1 aromatic heterocycles. The minimum atomic E-state index is -0.547. The number of nitrogens with two attached hydrogens (primary N) is 1. The average molecular weight is 500 g/mol. The third-order valence-corrected chi connectivity index (χ3v) is 6.01. The quantitative estimate of drug-likeness (QED) is 0.495. The van der Waals surface area contributed by atoms with E-state index in [1.165, 1.54) is 0 Å². The van der Waals surface area contributed by atoms with E-state index in [1.807, 2.05) is 35.9 Å². The van der Waals surface area contributed by atoms with Gasteiger partial charge in [-0.3, -0.25) is 4.79 Å². The predicted molar refractivity (Wildman–Crippen MR) is 125 cm³/mol. The molecule has 9 heteroatoms. The number of benzene rings is 2. The standard InChI is InChI=1S/C23H23BrFN5O2/c1-13-11-30(12-28-13)20-8-3-14(9-21(20)32-2)17(26)10-27-19-6-4-15-18(29-23(19)31)7-5-16(24)22(15)25/h3,5,7-12,19,27H,4,6,26H2,1-2H3,(H,29,31)/b17-10-. The number of methoxy groups -OCH3 is 1. The number of halogens is 2. The first-order chi connectivity index (χ1) is 15.4. The molecule has 1 atom stereocenters. The maximum absolute atomic E-state index is 14.4. The smallest absolute Gasteiger partial charge is 0.246 e. The fourth-order valence-electron chi connectivity index (χ4n) is 3.65. The summed E-state index contributed by atoms with van der Waals surface area (Å²) in [4.78, 5) is 16.9. The van der Waals surface area contributed by atoms with Crippen LogP contribution >= 0.6 is 15.9 Å².